The Labute approximate surface area is 93.1 Å². The molecular formula is C13H13FO2. The molecule has 2 aliphatic carbocycles. The molecule has 2 nitrogen and oxygen atoms in total. The molecule has 0 amide bonds. The highest BCUT2D eigenvalue weighted by atomic mass is 19.1. The molecule has 0 bridgehead atoms. The summed E-state index contributed by atoms with van der Waals surface area (Å²) in [5.74, 6) is -0.901. The standard InChI is InChI=1S/C13H13FO2/c14-11-3-1-2-8-10(13(15)16)6-9(12(8)11)7-4-5-7/h1-3,7,9-10H,4-6H2,(H,15,16). The predicted octanol–water partition coefficient (Wildman–Crippen LogP) is 2.89. The summed E-state index contributed by atoms with van der Waals surface area (Å²) in [6.07, 6.45) is 2.81. The second kappa shape index (κ2) is 3.30. The van der Waals surface area contributed by atoms with Gasteiger partial charge in [-0.15, -0.1) is 0 Å². The fourth-order valence-corrected chi connectivity index (χ4v) is 2.91. The third-order valence-corrected chi connectivity index (χ3v) is 3.81. The summed E-state index contributed by atoms with van der Waals surface area (Å²) in [6, 6.07) is 4.82. The Hall–Kier alpha value is -1.38. The van der Waals surface area contributed by atoms with Crippen LogP contribution in [0.2, 0.25) is 0 Å². The highest BCUT2D eigenvalue weighted by Crippen LogP contribution is 2.53. The Morgan fingerprint density at radius 3 is 2.75 bits per heavy atom. The number of carbonyl (C=O) groups is 1. The minimum atomic E-state index is -0.824. The fourth-order valence-electron chi connectivity index (χ4n) is 2.91. The lowest BCUT2D eigenvalue weighted by molar-refractivity contribution is -0.138. The summed E-state index contributed by atoms with van der Waals surface area (Å²) in [7, 11) is 0. The van der Waals surface area contributed by atoms with Crippen LogP contribution in [-0.2, 0) is 4.79 Å². The van der Waals surface area contributed by atoms with Gasteiger partial charge in [-0.3, -0.25) is 4.79 Å². The van der Waals surface area contributed by atoms with Crippen molar-refractivity contribution in [1.82, 2.24) is 0 Å². The number of rotatable bonds is 2. The molecule has 2 unspecified atom stereocenters. The first kappa shape index (κ1) is 9.82. The summed E-state index contributed by atoms with van der Waals surface area (Å²) in [6.45, 7) is 0. The third-order valence-electron chi connectivity index (χ3n) is 3.81. The van der Waals surface area contributed by atoms with Crippen LogP contribution >= 0.6 is 0 Å². The van der Waals surface area contributed by atoms with E-state index in [9.17, 15) is 9.18 Å². The van der Waals surface area contributed by atoms with Gasteiger partial charge in [0.05, 0.1) is 5.92 Å². The minimum absolute atomic E-state index is 0.136. The predicted molar refractivity (Wildman–Crippen MR) is 56.9 cm³/mol. The van der Waals surface area contributed by atoms with Gasteiger partial charge in [0.25, 0.3) is 0 Å². The minimum Gasteiger partial charge on any atom is -0.481 e. The molecule has 3 heteroatoms. The Kier molecular flexibility index (Phi) is 2.03. The average molecular weight is 220 g/mol. The van der Waals surface area contributed by atoms with Gasteiger partial charge in [0.1, 0.15) is 5.82 Å². The van der Waals surface area contributed by atoms with Crippen LogP contribution < -0.4 is 0 Å². The summed E-state index contributed by atoms with van der Waals surface area (Å²) in [5, 5.41) is 9.15. The zero-order valence-corrected chi connectivity index (χ0v) is 8.82. The molecule has 0 radical (unpaired) electrons. The van der Waals surface area contributed by atoms with Crippen molar-refractivity contribution < 1.29 is 14.3 Å². The number of aliphatic carboxylic acids is 1. The first-order valence-electron chi connectivity index (χ1n) is 5.69. The van der Waals surface area contributed by atoms with Crippen LogP contribution in [0.25, 0.3) is 0 Å². The number of benzene rings is 1. The van der Waals surface area contributed by atoms with Crippen molar-refractivity contribution in [2.75, 3.05) is 0 Å². The van der Waals surface area contributed by atoms with Gasteiger partial charge in [0, 0.05) is 0 Å². The maximum Gasteiger partial charge on any atom is 0.311 e. The van der Waals surface area contributed by atoms with Gasteiger partial charge in [-0.25, -0.2) is 4.39 Å². The van der Waals surface area contributed by atoms with Crippen molar-refractivity contribution in [2.24, 2.45) is 5.92 Å². The van der Waals surface area contributed by atoms with Crippen molar-refractivity contribution in [3.05, 3.63) is 35.1 Å². The van der Waals surface area contributed by atoms with Gasteiger partial charge in [0.2, 0.25) is 0 Å². The summed E-state index contributed by atoms with van der Waals surface area (Å²) >= 11 is 0. The first-order valence-corrected chi connectivity index (χ1v) is 5.69. The van der Waals surface area contributed by atoms with Gasteiger partial charge >= 0.3 is 5.97 Å². The molecule has 1 saturated carbocycles. The van der Waals surface area contributed by atoms with Crippen LogP contribution in [0.4, 0.5) is 4.39 Å². The maximum absolute atomic E-state index is 13.8. The van der Waals surface area contributed by atoms with E-state index < -0.39 is 11.9 Å². The van der Waals surface area contributed by atoms with Gasteiger partial charge in [-0.05, 0) is 48.3 Å². The number of halogens is 1. The van der Waals surface area contributed by atoms with Gasteiger partial charge in [0.15, 0.2) is 0 Å². The van der Waals surface area contributed by atoms with Gasteiger partial charge < -0.3 is 5.11 Å². The normalized spacial score (nSPS) is 27.8. The number of carboxylic acid groups (broad SMARTS) is 1. The Balaban J connectivity index is 2.09. The molecule has 2 aliphatic rings. The molecule has 2 atom stereocenters. The van der Waals surface area contributed by atoms with Crippen molar-refractivity contribution in [3.63, 3.8) is 0 Å². The molecule has 1 fully saturated rings. The quantitative estimate of drug-likeness (QED) is 0.832. The second-order valence-electron chi connectivity index (χ2n) is 4.81. The van der Waals surface area contributed by atoms with Crippen LogP contribution in [0.15, 0.2) is 18.2 Å². The lowest BCUT2D eigenvalue weighted by Gasteiger charge is -2.09. The summed E-state index contributed by atoms with van der Waals surface area (Å²) < 4.78 is 13.8. The van der Waals surface area contributed by atoms with E-state index in [4.69, 9.17) is 5.11 Å². The molecular weight excluding hydrogens is 207 g/mol. The van der Waals surface area contributed by atoms with Crippen LogP contribution in [0, 0.1) is 11.7 Å². The van der Waals surface area contributed by atoms with E-state index in [1.54, 1.807) is 12.1 Å². The van der Waals surface area contributed by atoms with Gasteiger partial charge in [-0.2, -0.15) is 0 Å². The molecule has 16 heavy (non-hydrogen) atoms. The van der Waals surface area contributed by atoms with Crippen molar-refractivity contribution in [3.8, 4) is 0 Å². The number of hydrogen-bond acceptors (Lipinski definition) is 1. The smallest absolute Gasteiger partial charge is 0.311 e. The molecule has 84 valence electrons. The molecule has 0 aliphatic heterocycles. The molecule has 0 spiro atoms. The fraction of sp³-hybridized carbons (Fsp3) is 0.462. The van der Waals surface area contributed by atoms with Crippen LogP contribution in [0.3, 0.4) is 0 Å². The van der Waals surface area contributed by atoms with E-state index in [0.717, 1.165) is 12.8 Å². The first-order chi connectivity index (χ1) is 7.68. The molecule has 0 aromatic heterocycles. The van der Waals surface area contributed by atoms with E-state index >= 15 is 0 Å². The number of hydrogen-bond donors (Lipinski definition) is 1. The van der Waals surface area contributed by atoms with E-state index in [1.165, 1.54) is 6.07 Å². The highest BCUT2D eigenvalue weighted by Gasteiger charge is 2.44. The van der Waals surface area contributed by atoms with E-state index in [-0.39, 0.29) is 11.7 Å². The average Bonchev–Trinajstić information content (AvgIpc) is 2.99. The second-order valence-corrected chi connectivity index (χ2v) is 4.81. The maximum atomic E-state index is 13.8. The summed E-state index contributed by atoms with van der Waals surface area (Å²) in [5.41, 5.74) is 1.38. The molecule has 1 N–H and O–H groups in total. The Morgan fingerprint density at radius 1 is 1.38 bits per heavy atom. The van der Waals surface area contributed by atoms with E-state index in [0.29, 0.717) is 23.5 Å². The third kappa shape index (κ3) is 1.34. The SMILES string of the molecule is O=C(O)C1CC(C2CC2)c2c(F)cccc21. The van der Waals surface area contributed by atoms with Gasteiger partial charge in [-0.1, -0.05) is 12.1 Å². The van der Waals surface area contributed by atoms with Crippen LogP contribution in [-0.4, -0.2) is 11.1 Å². The molecule has 1 aromatic carbocycles. The number of fused-ring (bicyclic) bond motifs is 1. The zero-order chi connectivity index (χ0) is 11.3. The molecule has 3 rings (SSSR count). The van der Waals surface area contributed by atoms with Crippen LogP contribution in [0.5, 0.6) is 0 Å². The van der Waals surface area contributed by atoms with Crippen molar-refractivity contribution in [1.29, 1.82) is 0 Å². The topological polar surface area (TPSA) is 37.3 Å². The summed E-state index contributed by atoms with van der Waals surface area (Å²) in [4.78, 5) is 11.1. The van der Waals surface area contributed by atoms with E-state index in [1.807, 2.05) is 0 Å². The lowest BCUT2D eigenvalue weighted by Crippen LogP contribution is -2.08. The van der Waals surface area contributed by atoms with E-state index in [2.05, 4.69) is 0 Å². The molecule has 0 saturated heterocycles. The monoisotopic (exact) mass is 220 g/mol. The Bertz CT molecular complexity index is 451. The largest absolute Gasteiger partial charge is 0.481 e. The van der Waals surface area contributed by atoms with Crippen molar-refractivity contribution >= 4 is 5.97 Å². The Morgan fingerprint density at radius 2 is 2.12 bits per heavy atom. The highest BCUT2D eigenvalue weighted by molar-refractivity contribution is 5.78. The van der Waals surface area contributed by atoms with Crippen LogP contribution in [0.1, 0.15) is 42.2 Å². The molecule has 1 aromatic rings. The lowest BCUT2D eigenvalue weighted by atomic mass is 9.96. The number of carboxylic acids is 1. The van der Waals surface area contributed by atoms with Crippen molar-refractivity contribution in [2.45, 2.75) is 31.1 Å². The molecule has 0 heterocycles. The zero-order valence-electron chi connectivity index (χ0n) is 8.82.